The van der Waals surface area contributed by atoms with Crippen molar-refractivity contribution in [1.82, 2.24) is 0 Å². The van der Waals surface area contributed by atoms with Crippen molar-refractivity contribution in [1.29, 1.82) is 0 Å². The van der Waals surface area contributed by atoms with Gasteiger partial charge in [-0.3, -0.25) is 0 Å². The highest BCUT2D eigenvalue weighted by Crippen LogP contribution is 2.39. The molecule has 0 aromatic heterocycles. The van der Waals surface area contributed by atoms with Crippen molar-refractivity contribution in [3.63, 3.8) is 0 Å². The van der Waals surface area contributed by atoms with E-state index in [9.17, 15) is 0 Å². The predicted octanol–water partition coefficient (Wildman–Crippen LogP) is 8.06. The van der Waals surface area contributed by atoms with Gasteiger partial charge in [0.1, 0.15) is 0 Å². The molecule has 1 aromatic carbocycles. The summed E-state index contributed by atoms with van der Waals surface area (Å²) in [6, 6.07) is 4.75. The molecule has 0 fully saturated rings. The van der Waals surface area contributed by atoms with Crippen molar-refractivity contribution in [2.24, 2.45) is 5.92 Å². The Morgan fingerprint density at radius 2 is 1.50 bits per heavy atom. The van der Waals surface area contributed by atoms with E-state index in [1.807, 2.05) is 0 Å². The summed E-state index contributed by atoms with van der Waals surface area (Å²) < 4.78 is 0. The molecule has 0 N–H and O–H groups in total. The van der Waals surface area contributed by atoms with E-state index in [-0.39, 0.29) is 0 Å². The molecule has 0 spiro atoms. The van der Waals surface area contributed by atoms with Crippen molar-refractivity contribution in [2.45, 2.75) is 71.4 Å². The molecule has 1 aromatic rings. The number of aryl methyl sites for hydroxylation is 3. The summed E-state index contributed by atoms with van der Waals surface area (Å²) in [7, 11) is 0. The summed E-state index contributed by atoms with van der Waals surface area (Å²) in [6.45, 7) is 14.3. The Kier molecular flexibility index (Phi) is 7.01. The first-order chi connectivity index (χ1) is 15.2. The number of hydrogen-bond acceptors (Lipinski definition) is 0. The van der Waals surface area contributed by atoms with Gasteiger partial charge < -0.3 is 0 Å². The Labute approximate surface area is 204 Å². The predicted molar refractivity (Wildman–Crippen MR) is 146 cm³/mol. The van der Waals surface area contributed by atoms with E-state index >= 15 is 0 Å². The molecule has 3 aliphatic rings. The zero-order valence-electron chi connectivity index (χ0n) is 20.5. The van der Waals surface area contributed by atoms with Gasteiger partial charge in [0.25, 0.3) is 0 Å². The van der Waals surface area contributed by atoms with Crippen LogP contribution in [0.3, 0.4) is 0 Å². The van der Waals surface area contributed by atoms with Crippen molar-refractivity contribution in [3.8, 4) is 0 Å². The first kappa shape index (κ1) is 23.4. The second-order valence-electron chi connectivity index (χ2n) is 10.2. The lowest BCUT2D eigenvalue weighted by molar-refractivity contribution is 0.678. The fraction of sp³-hybridized carbons (Fsp3) is 0.400. The molecule has 0 saturated carbocycles. The average molecular weight is 487 g/mol. The van der Waals surface area contributed by atoms with Gasteiger partial charge in [-0.05, 0) is 76.8 Å². The maximum Gasteiger partial charge on any atom is 0.212 e. The zero-order valence-corrected chi connectivity index (χ0v) is 22.1. The molecule has 3 aliphatic carbocycles. The normalized spacial score (nSPS) is 25.5. The lowest BCUT2D eigenvalue weighted by Crippen LogP contribution is -2.43. The number of hydrogen-bond donors (Lipinski definition) is 0. The molecule has 3 unspecified atom stereocenters. The van der Waals surface area contributed by atoms with Crippen LogP contribution in [-0.2, 0) is 0 Å². The molecular formula is C30H36BBr. The van der Waals surface area contributed by atoms with Crippen LogP contribution < -0.4 is 5.46 Å². The van der Waals surface area contributed by atoms with Gasteiger partial charge in [0.2, 0.25) is 6.71 Å². The standard InChI is InChI=1S/C30H36BBr/c1-19-15-21(3)29(22(4)16-19)31(30-23(5)17-20(2)18-24(30)6)27-11-7-25(8-12-27)26-9-13-28(32)14-10-26/h7-11,13,15-17,24,27-28H,12,14,18H2,1-6H3. The third-order valence-electron chi connectivity index (χ3n) is 7.40. The van der Waals surface area contributed by atoms with E-state index in [1.165, 1.54) is 45.4 Å². The van der Waals surface area contributed by atoms with Gasteiger partial charge >= 0.3 is 0 Å². The first-order valence-electron chi connectivity index (χ1n) is 12.1. The molecule has 0 aliphatic heterocycles. The molecule has 0 nitrogen and oxygen atoms in total. The Morgan fingerprint density at radius 3 is 2.03 bits per heavy atom. The Balaban J connectivity index is 1.75. The first-order valence-corrected chi connectivity index (χ1v) is 13.0. The summed E-state index contributed by atoms with van der Waals surface area (Å²) in [6.07, 6.45) is 20.1. The minimum absolute atomic E-state index is 0.437. The number of halogens is 1. The summed E-state index contributed by atoms with van der Waals surface area (Å²) in [5.41, 5.74) is 13.2. The highest BCUT2D eigenvalue weighted by Gasteiger charge is 2.36. The van der Waals surface area contributed by atoms with E-state index in [0.29, 0.717) is 23.3 Å². The second kappa shape index (κ2) is 9.60. The Hall–Kier alpha value is -1.80. The molecule has 0 heterocycles. The van der Waals surface area contributed by atoms with Crippen LogP contribution in [0.25, 0.3) is 0 Å². The molecule has 0 radical (unpaired) electrons. The minimum Gasteiger partial charge on any atom is -0.0889 e. The third-order valence-corrected chi connectivity index (χ3v) is 8.08. The fourth-order valence-corrected chi connectivity index (χ4v) is 6.57. The van der Waals surface area contributed by atoms with Crippen LogP contribution in [0.1, 0.15) is 56.7 Å². The van der Waals surface area contributed by atoms with Crippen LogP contribution in [0, 0.1) is 26.7 Å². The average Bonchev–Trinajstić information content (AvgIpc) is 2.72. The number of allylic oxidation sites excluding steroid dienone is 12. The molecule has 0 saturated heterocycles. The topological polar surface area (TPSA) is 0 Å². The van der Waals surface area contributed by atoms with E-state index in [2.05, 4.69) is 112 Å². The van der Waals surface area contributed by atoms with Crippen molar-refractivity contribution in [2.75, 3.05) is 0 Å². The number of rotatable bonds is 4. The van der Waals surface area contributed by atoms with Gasteiger partial charge in [0.15, 0.2) is 0 Å². The summed E-state index contributed by atoms with van der Waals surface area (Å²) in [5.74, 6) is 1.08. The van der Waals surface area contributed by atoms with E-state index < -0.39 is 0 Å². The monoisotopic (exact) mass is 486 g/mol. The third kappa shape index (κ3) is 4.76. The lowest BCUT2D eigenvalue weighted by Gasteiger charge is -2.35. The molecule has 166 valence electrons. The van der Waals surface area contributed by atoms with Crippen LogP contribution >= 0.6 is 15.9 Å². The van der Waals surface area contributed by atoms with Gasteiger partial charge in [-0.1, -0.05) is 116 Å². The van der Waals surface area contributed by atoms with Gasteiger partial charge in [0, 0.05) is 4.83 Å². The molecule has 32 heavy (non-hydrogen) atoms. The fourth-order valence-electron chi connectivity index (χ4n) is 6.23. The van der Waals surface area contributed by atoms with Crippen LogP contribution in [-0.4, -0.2) is 11.5 Å². The zero-order chi connectivity index (χ0) is 23.0. The maximum atomic E-state index is 3.69. The van der Waals surface area contributed by atoms with Crippen molar-refractivity contribution < 1.29 is 0 Å². The maximum absolute atomic E-state index is 3.69. The van der Waals surface area contributed by atoms with Gasteiger partial charge in [0.05, 0.1) is 0 Å². The van der Waals surface area contributed by atoms with E-state index in [0.717, 1.165) is 12.8 Å². The second-order valence-corrected chi connectivity index (χ2v) is 11.4. The molecular weight excluding hydrogens is 451 g/mol. The van der Waals surface area contributed by atoms with E-state index in [1.54, 1.807) is 10.9 Å². The number of benzene rings is 1. The molecule has 0 amide bonds. The Morgan fingerprint density at radius 1 is 0.875 bits per heavy atom. The largest absolute Gasteiger partial charge is 0.212 e. The summed E-state index contributed by atoms with van der Waals surface area (Å²) in [5, 5.41) is 0. The molecule has 0 bridgehead atoms. The van der Waals surface area contributed by atoms with Gasteiger partial charge in [-0.2, -0.15) is 0 Å². The van der Waals surface area contributed by atoms with Crippen LogP contribution in [0.2, 0.25) is 5.82 Å². The highest BCUT2D eigenvalue weighted by molar-refractivity contribution is 9.09. The van der Waals surface area contributed by atoms with Gasteiger partial charge in [-0.25, -0.2) is 0 Å². The quantitative estimate of drug-likeness (QED) is 0.298. The van der Waals surface area contributed by atoms with Crippen molar-refractivity contribution in [3.05, 3.63) is 99.1 Å². The molecule has 3 atom stereocenters. The minimum atomic E-state index is 0.437. The van der Waals surface area contributed by atoms with Crippen LogP contribution in [0.5, 0.6) is 0 Å². The number of alkyl halides is 1. The highest BCUT2D eigenvalue weighted by atomic mass is 79.9. The summed E-state index contributed by atoms with van der Waals surface area (Å²) in [4.78, 5) is 0.475. The Bertz CT molecular complexity index is 1070. The molecule has 4 rings (SSSR count). The summed E-state index contributed by atoms with van der Waals surface area (Å²) >= 11 is 3.69. The van der Waals surface area contributed by atoms with Crippen LogP contribution in [0.4, 0.5) is 0 Å². The lowest BCUT2D eigenvalue weighted by atomic mass is 9.28. The van der Waals surface area contributed by atoms with Gasteiger partial charge in [-0.15, -0.1) is 0 Å². The molecule has 2 heteroatoms. The smallest absolute Gasteiger partial charge is 0.0889 e. The SMILES string of the molecule is CC1=CC(C)=C(B(c2c(C)cc(C)cc2C)C2C=CC(C3=CCC(Br)C=C3)=CC2)C(C)C1. The van der Waals surface area contributed by atoms with E-state index in [4.69, 9.17) is 0 Å². The van der Waals surface area contributed by atoms with Crippen molar-refractivity contribution >= 4 is 28.1 Å². The van der Waals surface area contributed by atoms with Crippen LogP contribution in [0.15, 0.2) is 82.4 Å².